The number of esters is 1. The van der Waals surface area contributed by atoms with Crippen molar-refractivity contribution in [3.8, 4) is 0 Å². The number of ether oxygens (including phenoxy) is 1. The summed E-state index contributed by atoms with van der Waals surface area (Å²) < 4.78 is 8.71. The molecule has 0 spiro atoms. The van der Waals surface area contributed by atoms with Crippen LogP contribution in [0.15, 0.2) is 12.2 Å². The van der Waals surface area contributed by atoms with Crippen molar-refractivity contribution in [1.82, 2.24) is 0 Å². The molecular weight excluding hydrogens is 263 g/mol. The van der Waals surface area contributed by atoms with Gasteiger partial charge in [0.1, 0.15) is 6.10 Å². The number of methoxy groups -OCH3 is 1. The van der Waals surface area contributed by atoms with Gasteiger partial charge in [0.25, 0.3) is 0 Å². The Morgan fingerprint density at radius 3 is 2.76 bits per heavy atom. The van der Waals surface area contributed by atoms with Crippen LogP contribution in [0.4, 0.5) is 0 Å². The van der Waals surface area contributed by atoms with Crippen molar-refractivity contribution >= 4 is 47.6 Å². The third-order valence-electron chi connectivity index (χ3n) is 1.61. The minimum Gasteiger partial charge on any atom is -0.469 e. The average Bonchev–Trinajstić information content (AvgIpc) is 3.09. The first-order valence-electron chi connectivity index (χ1n) is 4.43. The number of carbonyl (C=O) groups is 1. The molecular formula is C8H12NaO7S. The van der Waals surface area contributed by atoms with Gasteiger partial charge in [-0.15, -0.1) is 4.33 Å². The fourth-order valence-corrected chi connectivity index (χ4v) is 1.23. The Hall–Kier alpha value is 0.360. The van der Waals surface area contributed by atoms with Crippen LogP contribution in [0.2, 0.25) is 0 Å². The van der Waals surface area contributed by atoms with E-state index in [9.17, 15) is 4.79 Å². The summed E-state index contributed by atoms with van der Waals surface area (Å²) in [5.74, 6) is -0.424. The Balaban J connectivity index is 0.00000256. The second-order valence-corrected chi connectivity index (χ2v) is 3.87. The van der Waals surface area contributed by atoms with Gasteiger partial charge in [-0.2, -0.15) is 0 Å². The van der Waals surface area contributed by atoms with Crippen molar-refractivity contribution in [3.05, 3.63) is 12.2 Å². The molecule has 1 aliphatic carbocycles. The maximum Gasteiger partial charge on any atom is 0.306 e. The van der Waals surface area contributed by atoms with Crippen molar-refractivity contribution in [3.63, 3.8) is 0 Å². The van der Waals surface area contributed by atoms with Crippen LogP contribution in [0.25, 0.3) is 0 Å². The van der Waals surface area contributed by atoms with Gasteiger partial charge in [0.05, 0.1) is 25.4 Å². The number of carbonyl (C=O) groups excluding carboxylic acids is 1. The molecule has 1 N–H and O–H groups in total. The van der Waals surface area contributed by atoms with Gasteiger partial charge in [0.2, 0.25) is 0 Å². The molecule has 0 aromatic carbocycles. The zero-order valence-corrected chi connectivity index (χ0v) is 12.3. The third kappa shape index (κ3) is 9.00. The fraction of sp³-hybridized carbons (Fsp3) is 0.625. The molecule has 0 heterocycles. The van der Waals surface area contributed by atoms with Crippen LogP contribution in [-0.4, -0.2) is 65.9 Å². The Morgan fingerprint density at radius 2 is 2.24 bits per heavy atom. The van der Waals surface area contributed by atoms with Crippen LogP contribution in [0.1, 0.15) is 6.42 Å². The summed E-state index contributed by atoms with van der Waals surface area (Å²) in [6.45, 7) is 0.0985. The van der Waals surface area contributed by atoms with Crippen molar-refractivity contribution in [2.45, 2.75) is 17.8 Å². The van der Waals surface area contributed by atoms with Crippen LogP contribution >= 0.6 is 12.0 Å². The predicted molar refractivity (Wildman–Crippen MR) is 58.5 cm³/mol. The summed E-state index contributed by atoms with van der Waals surface area (Å²) >= 11 is 0.739. The molecule has 9 heteroatoms. The van der Waals surface area contributed by atoms with E-state index in [-0.39, 0.29) is 48.7 Å². The molecule has 0 bridgehead atoms. The van der Waals surface area contributed by atoms with Crippen LogP contribution in [0.3, 0.4) is 0 Å². The molecule has 17 heavy (non-hydrogen) atoms. The maximum absolute atomic E-state index is 11.0. The van der Waals surface area contributed by atoms with Crippen molar-refractivity contribution in [1.29, 1.82) is 0 Å². The molecule has 1 rings (SSSR count). The second kappa shape index (κ2) is 10.3. The van der Waals surface area contributed by atoms with Crippen LogP contribution in [-0.2, 0) is 28.7 Å². The summed E-state index contributed by atoms with van der Waals surface area (Å²) in [6, 6.07) is 0. The molecule has 0 aromatic rings. The van der Waals surface area contributed by atoms with Gasteiger partial charge in [0, 0.05) is 41.6 Å². The third-order valence-corrected chi connectivity index (χ3v) is 2.32. The summed E-state index contributed by atoms with van der Waals surface area (Å²) in [5.41, 5.74) is 0. The summed E-state index contributed by atoms with van der Waals surface area (Å²) in [6.07, 6.45) is 3.57. The van der Waals surface area contributed by atoms with Crippen LogP contribution in [0, 0.1) is 0 Å². The van der Waals surface area contributed by atoms with E-state index >= 15 is 0 Å². The smallest absolute Gasteiger partial charge is 0.306 e. The van der Waals surface area contributed by atoms with E-state index in [1.54, 1.807) is 12.2 Å². The maximum atomic E-state index is 11.0. The zero-order chi connectivity index (χ0) is 11.8. The molecule has 0 amide bonds. The largest absolute Gasteiger partial charge is 0.469 e. The van der Waals surface area contributed by atoms with Gasteiger partial charge in [-0.05, 0) is 12.2 Å². The summed E-state index contributed by atoms with van der Waals surface area (Å²) in [7, 11) is 1.28. The monoisotopic (exact) mass is 275 g/mol. The molecule has 0 fully saturated rings. The molecule has 1 atom stereocenters. The first kappa shape index (κ1) is 17.4. The topological polar surface area (TPSA) is 83.5 Å². The first-order valence-corrected chi connectivity index (χ1v) is 5.23. The normalized spacial score (nSPS) is 15.2. The fourth-order valence-electron chi connectivity index (χ4n) is 0.766. The van der Waals surface area contributed by atoms with Crippen LogP contribution < -0.4 is 0 Å². The number of hydrogen-bond acceptors (Lipinski definition) is 8. The Labute approximate surface area is 125 Å². The van der Waals surface area contributed by atoms with E-state index in [2.05, 4.69) is 14.1 Å². The van der Waals surface area contributed by atoms with E-state index in [0.717, 1.165) is 12.0 Å². The van der Waals surface area contributed by atoms with E-state index in [1.807, 2.05) is 0 Å². The Kier molecular flexibility index (Phi) is 10.5. The Morgan fingerprint density at radius 1 is 1.53 bits per heavy atom. The van der Waals surface area contributed by atoms with Gasteiger partial charge >= 0.3 is 5.97 Å². The minimum atomic E-state index is -0.424. The molecule has 7 nitrogen and oxygen atoms in total. The van der Waals surface area contributed by atoms with Gasteiger partial charge in [-0.3, -0.25) is 4.79 Å². The standard InChI is InChI=1S/C8H12O7S.Na/c1-11-8(9)4-7(16-15-14-10)5-12-13-6-2-3-6;/h2-3,6-7,10H,4-5H2,1H3;. The van der Waals surface area contributed by atoms with E-state index < -0.39 is 11.2 Å². The number of hydrogen-bond donors (Lipinski definition) is 1. The molecule has 0 aromatic heterocycles. The van der Waals surface area contributed by atoms with E-state index in [0.29, 0.717) is 0 Å². The summed E-state index contributed by atoms with van der Waals surface area (Å²) in [4.78, 5) is 20.7. The van der Waals surface area contributed by atoms with Crippen LogP contribution in [0.5, 0.6) is 0 Å². The van der Waals surface area contributed by atoms with E-state index in [1.165, 1.54) is 7.11 Å². The molecule has 1 radical (unpaired) electrons. The predicted octanol–water partition coefficient (Wildman–Crippen LogP) is 0.493. The molecule has 1 unspecified atom stereocenters. The SMILES string of the molecule is COC(=O)CC(COOC1C=C1)SOOO.[Na]. The Bertz CT molecular complexity index is 244. The molecule has 0 saturated heterocycles. The first-order chi connectivity index (χ1) is 7.76. The van der Waals surface area contributed by atoms with Gasteiger partial charge in [-0.1, -0.05) is 5.04 Å². The van der Waals surface area contributed by atoms with Gasteiger partial charge < -0.3 is 4.74 Å². The molecule has 1 aliphatic rings. The average molecular weight is 275 g/mol. The second-order valence-electron chi connectivity index (χ2n) is 2.87. The minimum absolute atomic E-state index is 0. The number of rotatable bonds is 9. The van der Waals surface area contributed by atoms with Crippen molar-refractivity contribution < 1.29 is 33.9 Å². The van der Waals surface area contributed by atoms with Crippen molar-refractivity contribution in [2.24, 2.45) is 0 Å². The quantitative estimate of drug-likeness (QED) is 0.163. The molecule has 0 saturated carbocycles. The van der Waals surface area contributed by atoms with Gasteiger partial charge in [-0.25, -0.2) is 15.0 Å². The summed E-state index contributed by atoms with van der Waals surface area (Å²) in [5, 5.41) is 11.0. The zero-order valence-electron chi connectivity index (χ0n) is 9.53. The van der Waals surface area contributed by atoms with E-state index in [4.69, 9.17) is 15.0 Å². The molecule has 0 aliphatic heterocycles. The molecule has 93 valence electrons. The van der Waals surface area contributed by atoms with Gasteiger partial charge in [0.15, 0.2) is 0 Å². The van der Waals surface area contributed by atoms with Crippen molar-refractivity contribution in [2.75, 3.05) is 13.7 Å².